The first-order valence-electron chi connectivity index (χ1n) is 6.40. The van der Waals surface area contributed by atoms with Crippen molar-refractivity contribution in [3.63, 3.8) is 0 Å². The van der Waals surface area contributed by atoms with Gasteiger partial charge in [-0.05, 0) is 36.9 Å². The Kier molecular flexibility index (Phi) is 9.02. The van der Waals surface area contributed by atoms with Crippen LogP contribution in [0.25, 0.3) is 5.76 Å². The van der Waals surface area contributed by atoms with E-state index in [0.717, 1.165) is 23.3 Å². The third-order valence-electron chi connectivity index (χ3n) is 2.33. The smallest absolute Gasteiger partial charge is 0.415 e. The highest BCUT2D eigenvalue weighted by molar-refractivity contribution is 8.55. The van der Waals surface area contributed by atoms with Crippen LogP contribution < -0.4 is 0 Å². The lowest BCUT2D eigenvalue weighted by Gasteiger charge is -2.20. The zero-order valence-corrected chi connectivity index (χ0v) is 16.7. The Bertz CT molecular complexity index is 595. The van der Waals surface area contributed by atoms with Gasteiger partial charge in [-0.1, -0.05) is 53.3 Å². The van der Waals surface area contributed by atoms with Crippen molar-refractivity contribution in [2.75, 3.05) is 12.4 Å². The number of benzene rings is 1. The van der Waals surface area contributed by atoms with Crippen LogP contribution >= 0.6 is 64.6 Å². The number of rotatable bonds is 8. The molecule has 0 N–H and O–H groups in total. The van der Waals surface area contributed by atoms with Crippen LogP contribution in [0.2, 0.25) is 15.1 Å². The molecule has 0 fully saturated rings. The Balaban J connectivity index is 3.11. The highest BCUT2D eigenvalue weighted by Crippen LogP contribution is 2.63. The second-order valence-electron chi connectivity index (χ2n) is 4.01. The molecule has 1 atom stereocenters. The molecule has 0 aliphatic heterocycles. The number of hydrogen-bond donors (Lipinski definition) is 0. The van der Waals surface area contributed by atoms with Crippen molar-refractivity contribution < 1.29 is 13.6 Å². The van der Waals surface area contributed by atoms with Gasteiger partial charge in [0, 0.05) is 16.9 Å². The summed E-state index contributed by atoms with van der Waals surface area (Å²) in [5.41, 5.74) is 1.53. The molecule has 3 nitrogen and oxygen atoms in total. The zero-order valence-electron chi connectivity index (χ0n) is 11.9. The molecular weight excluding hydrogens is 409 g/mol. The molecule has 124 valence electrons. The fraction of sp³-hybridized carbons (Fsp3) is 0.385. The van der Waals surface area contributed by atoms with Gasteiger partial charge in [0.25, 0.3) is 0 Å². The second kappa shape index (κ2) is 9.68. The minimum absolute atomic E-state index is 0.116. The van der Waals surface area contributed by atoms with Gasteiger partial charge in [0.05, 0.1) is 21.7 Å². The molecule has 0 spiro atoms. The van der Waals surface area contributed by atoms with Gasteiger partial charge in [0.1, 0.15) is 5.76 Å². The first-order chi connectivity index (χ1) is 10.4. The number of halogens is 4. The van der Waals surface area contributed by atoms with Gasteiger partial charge in [-0.3, -0.25) is 4.52 Å². The van der Waals surface area contributed by atoms with E-state index < -0.39 is 6.80 Å². The molecule has 0 aliphatic carbocycles. The molecule has 9 heteroatoms. The molecule has 0 radical (unpaired) electrons. The molecule has 0 aliphatic rings. The lowest BCUT2D eigenvalue weighted by Crippen LogP contribution is -1.95. The Morgan fingerprint density at radius 2 is 1.86 bits per heavy atom. The molecule has 0 saturated heterocycles. The van der Waals surface area contributed by atoms with E-state index in [4.69, 9.17) is 55.5 Å². The highest BCUT2D eigenvalue weighted by atomic mass is 35.5. The van der Waals surface area contributed by atoms with Crippen molar-refractivity contribution in [3.05, 3.63) is 38.3 Å². The molecule has 1 aromatic rings. The van der Waals surface area contributed by atoms with Crippen LogP contribution in [0.3, 0.4) is 0 Å². The van der Waals surface area contributed by atoms with Crippen molar-refractivity contribution >= 4 is 70.3 Å². The average molecular weight is 424 g/mol. The van der Waals surface area contributed by atoms with E-state index in [1.54, 1.807) is 6.92 Å². The van der Waals surface area contributed by atoms with Gasteiger partial charge in [-0.15, -0.1) is 0 Å². The van der Waals surface area contributed by atoms with Crippen molar-refractivity contribution in [1.29, 1.82) is 0 Å². The summed E-state index contributed by atoms with van der Waals surface area (Å²) in [5.74, 6) is 0.743. The fourth-order valence-electron chi connectivity index (χ4n) is 1.41. The van der Waals surface area contributed by atoms with Crippen molar-refractivity contribution in [3.8, 4) is 0 Å². The Morgan fingerprint density at radius 3 is 2.41 bits per heavy atom. The van der Waals surface area contributed by atoms with Gasteiger partial charge in [-0.2, -0.15) is 0 Å². The zero-order chi connectivity index (χ0) is 16.8. The fourth-order valence-corrected chi connectivity index (χ4v) is 5.73. The predicted molar refractivity (Wildman–Crippen MR) is 98.4 cm³/mol. The normalized spacial score (nSPS) is 14.7. The van der Waals surface area contributed by atoms with Crippen LogP contribution in [0.1, 0.15) is 25.8 Å². The Hall–Kier alpha value is 0.460. The molecule has 1 unspecified atom stereocenters. The average Bonchev–Trinajstić information content (AvgIpc) is 2.47. The second-order valence-corrected chi connectivity index (χ2v) is 9.57. The first-order valence-corrected chi connectivity index (χ1v) is 11.1. The van der Waals surface area contributed by atoms with Crippen LogP contribution in [0, 0.1) is 0 Å². The summed E-state index contributed by atoms with van der Waals surface area (Å²) in [6.45, 7) is 0.562. The summed E-state index contributed by atoms with van der Waals surface area (Å²) in [6, 6.07) is 2.97. The maximum atomic E-state index is 12.7. The van der Waals surface area contributed by atoms with Crippen LogP contribution in [0.4, 0.5) is 0 Å². The quantitative estimate of drug-likeness (QED) is 0.246. The van der Waals surface area contributed by atoms with Crippen molar-refractivity contribution in [1.82, 2.24) is 0 Å². The highest BCUT2D eigenvalue weighted by Gasteiger charge is 2.28. The van der Waals surface area contributed by atoms with E-state index in [-0.39, 0.29) is 22.4 Å². The summed E-state index contributed by atoms with van der Waals surface area (Å²) in [4.78, 5) is 0. The largest absolute Gasteiger partial charge is 0.440 e. The molecule has 1 aromatic carbocycles. The number of hydrogen-bond acceptors (Lipinski definition) is 4. The van der Waals surface area contributed by atoms with Crippen molar-refractivity contribution in [2.45, 2.75) is 20.3 Å². The Morgan fingerprint density at radius 1 is 1.23 bits per heavy atom. The molecule has 0 bridgehead atoms. The lowest BCUT2D eigenvalue weighted by atomic mass is 10.2. The Labute approximate surface area is 154 Å². The van der Waals surface area contributed by atoms with E-state index in [1.807, 2.05) is 6.92 Å². The minimum Gasteiger partial charge on any atom is -0.415 e. The minimum atomic E-state index is -3.39. The molecule has 0 amide bonds. The van der Waals surface area contributed by atoms with Crippen LogP contribution in [0.5, 0.6) is 0 Å². The monoisotopic (exact) mass is 422 g/mol. The third kappa shape index (κ3) is 5.83. The van der Waals surface area contributed by atoms with E-state index in [1.165, 1.54) is 12.1 Å². The summed E-state index contributed by atoms with van der Waals surface area (Å²) in [6.07, 6.45) is 0.832. The van der Waals surface area contributed by atoms with E-state index in [2.05, 4.69) is 0 Å². The van der Waals surface area contributed by atoms with Gasteiger partial charge in [0.2, 0.25) is 0 Å². The van der Waals surface area contributed by atoms with E-state index >= 15 is 0 Å². The van der Waals surface area contributed by atoms with Gasteiger partial charge < -0.3 is 4.52 Å². The van der Waals surface area contributed by atoms with Gasteiger partial charge in [-0.25, -0.2) is 4.57 Å². The summed E-state index contributed by atoms with van der Waals surface area (Å²) in [5, 5.41) is 0.871. The molecule has 0 heterocycles. The molecular formula is C13H15Cl4O3PS. The van der Waals surface area contributed by atoms with E-state index in [9.17, 15) is 4.57 Å². The van der Waals surface area contributed by atoms with Crippen molar-refractivity contribution in [2.24, 2.45) is 0 Å². The molecule has 0 aromatic heterocycles. The van der Waals surface area contributed by atoms with Gasteiger partial charge >= 0.3 is 6.80 Å². The van der Waals surface area contributed by atoms with Gasteiger partial charge in [0.15, 0.2) is 0 Å². The van der Waals surface area contributed by atoms with Crippen LogP contribution in [-0.2, 0) is 13.6 Å². The summed E-state index contributed by atoms with van der Waals surface area (Å²) < 4.78 is 23.5. The molecule has 1 rings (SSSR count). The van der Waals surface area contributed by atoms with Crippen LogP contribution in [0.15, 0.2) is 17.7 Å². The SMILES string of the molecule is CCCSP(=O)(OCC)OC(=CCl)c1cc(Cl)c(Cl)cc1Cl. The van der Waals surface area contributed by atoms with Crippen LogP contribution in [-0.4, -0.2) is 12.4 Å². The standard InChI is InChI=1S/C13H15Cl4O3PS/c1-3-5-22-21(18,19-4-2)20-13(8-14)9-6-11(16)12(17)7-10(9)15/h6-8H,3-5H2,1-2H3. The topological polar surface area (TPSA) is 35.5 Å². The maximum absolute atomic E-state index is 12.7. The first kappa shape index (κ1) is 20.5. The molecule has 22 heavy (non-hydrogen) atoms. The molecule has 0 saturated carbocycles. The van der Waals surface area contributed by atoms with E-state index in [0.29, 0.717) is 16.3 Å². The maximum Gasteiger partial charge on any atom is 0.440 e. The lowest BCUT2D eigenvalue weighted by molar-refractivity contribution is 0.287. The summed E-state index contributed by atoms with van der Waals surface area (Å²) in [7, 11) is 0. The third-order valence-corrected chi connectivity index (χ3v) is 7.50. The predicted octanol–water partition coefficient (Wildman–Crippen LogP) is 7.49. The summed E-state index contributed by atoms with van der Waals surface area (Å²) >= 11 is 24.9.